The van der Waals surface area contributed by atoms with Gasteiger partial charge in [-0.2, -0.15) is 10.1 Å². The second-order valence-corrected chi connectivity index (χ2v) is 6.42. The van der Waals surface area contributed by atoms with Crippen molar-refractivity contribution in [3.8, 4) is 0 Å². The van der Waals surface area contributed by atoms with Gasteiger partial charge < -0.3 is 9.84 Å². The Kier molecular flexibility index (Phi) is 6.30. The van der Waals surface area contributed by atoms with E-state index in [1.54, 1.807) is 34.6 Å². The molecule has 0 saturated heterocycles. The first-order valence-corrected chi connectivity index (χ1v) is 7.41. The lowest BCUT2D eigenvalue weighted by atomic mass is 10.1. The van der Waals surface area contributed by atoms with E-state index in [1.807, 2.05) is 30.3 Å². The Morgan fingerprint density at radius 2 is 1.78 bits per heavy atom. The molecular weight excluding hydrogens is 296 g/mol. The Morgan fingerprint density at radius 1 is 1.22 bits per heavy atom. The zero-order chi connectivity index (χ0) is 17.6. The Hall–Kier alpha value is -2.37. The third kappa shape index (κ3) is 6.50. The van der Waals surface area contributed by atoms with Crippen molar-refractivity contribution in [2.24, 2.45) is 5.10 Å². The highest BCUT2D eigenvalue weighted by Crippen LogP contribution is 2.16. The number of hydrogen-bond donors (Lipinski definition) is 1. The molecule has 1 aromatic rings. The van der Waals surface area contributed by atoms with Gasteiger partial charge in [-0.25, -0.2) is 9.59 Å². The number of aliphatic carboxylic acids is 1. The number of carboxylic acids is 1. The minimum atomic E-state index is -1.14. The number of amides is 1. The van der Waals surface area contributed by atoms with Crippen molar-refractivity contribution in [2.45, 2.75) is 52.7 Å². The number of hydrazone groups is 1. The second-order valence-electron chi connectivity index (χ2n) is 6.42. The molecular formula is C17H24N2O4. The van der Waals surface area contributed by atoms with Crippen LogP contribution in [-0.4, -0.2) is 39.5 Å². The molecule has 0 bridgehead atoms. The van der Waals surface area contributed by atoms with Crippen molar-refractivity contribution >= 4 is 17.8 Å². The van der Waals surface area contributed by atoms with Crippen LogP contribution in [0.5, 0.6) is 0 Å². The number of carboxylic acid groups (broad SMARTS) is 1. The van der Waals surface area contributed by atoms with E-state index in [2.05, 4.69) is 5.10 Å². The zero-order valence-electron chi connectivity index (χ0n) is 14.2. The summed E-state index contributed by atoms with van der Waals surface area (Å²) in [5.41, 5.74) is 0.634. The van der Waals surface area contributed by atoms with Crippen LogP contribution in [0, 0.1) is 0 Å². The standard InChI is InChI=1S/C17H24N2O4/c1-12(2)18-19(16(22)23-17(3,4)5)14(15(20)21)11-13-9-7-6-8-10-13/h6-10,14H,11H2,1-5H3,(H,20,21). The van der Waals surface area contributed by atoms with Gasteiger partial charge in [-0.05, 0) is 40.2 Å². The Morgan fingerprint density at radius 3 is 2.22 bits per heavy atom. The summed E-state index contributed by atoms with van der Waals surface area (Å²) in [5.74, 6) is -1.13. The van der Waals surface area contributed by atoms with Crippen LogP contribution in [0.4, 0.5) is 4.79 Å². The van der Waals surface area contributed by atoms with Crippen LogP contribution < -0.4 is 0 Å². The van der Waals surface area contributed by atoms with Gasteiger partial charge in [-0.15, -0.1) is 0 Å². The van der Waals surface area contributed by atoms with E-state index in [0.29, 0.717) is 5.71 Å². The van der Waals surface area contributed by atoms with Crippen molar-refractivity contribution in [1.82, 2.24) is 5.01 Å². The van der Waals surface area contributed by atoms with Gasteiger partial charge in [0.25, 0.3) is 0 Å². The summed E-state index contributed by atoms with van der Waals surface area (Å²) in [6.45, 7) is 8.55. The minimum absolute atomic E-state index is 0.145. The van der Waals surface area contributed by atoms with Gasteiger partial charge in [0, 0.05) is 12.1 Å². The molecule has 0 fully saturated rings. The average Bonchev–Trinajstić information content (AvgIpc) is 2.41. The van der Waals surface area contributed by atoms with Crippen LogP contribution in [0.15, 0.2) is 35.4 Å². The maximum absolute atomic E-state index is 12.4. The third-order valence-corrected chi connectivity index (χ3v) is 2.74. The lowest BCUT2D eigenvalue weighted by Crippen LogP contribution is -2.45. The lowest BCUT2D eigenvalue weighted by Gasteiger charge is -2.28. The molecule has 0 heterocycles. The molecule has 0 saturated carbocycles. The highest BCUT2D eigenvalue weighted by molar-refractivity contribution is 5.84. The molecule has 1 atom stereocenters. The molecule has 1 rings (SSSR count). The van der Waals surface area contributed by atoms with Crippen molar-refractivity contribution in [3.63, 3.8) is 0 Å². The summed E-state index contributed by atoms with van der Waals surface area (Å²) in [6.07, 6.45) is -0.631. The number of ether oxygens (including phenoxy) is 1. The molecule has 23 heavy (non-hydrogen) atoms. The Bertz CT molecular complexity index is 572. The summed E-state index contributed by atoms with van der Waals surface area (Å²) < 4.78 is 5.29. The number of hydrogen-bond acceptors (Lipinski definition) is 4. The van der Waals surface area contributed by atoms with Crippen LogP contribution in [0.2, 0.25) is 0 Å². The number of nitrogens with zero attached hydrogens (tertiary/aromatic N) is 2. The van der Waals surface area contributed by atoms with E-state index in [-0.39, 0.29) is 6.42 Å². The van der Waals surface area contributed by atoms with Crippen LogP contribution >= 0.6 is 0 Å². The lowest BCUT2D eigenvalue weighted by molar-refractivity contribution is -0.143. The molecule has 126 valence electrons. The molecule has 0 radical (unpaired) electrons. The van der Waals surface area contributed by atoms with Crippen LogP contribution in [0.25, 0.3) is 0 Å². The SMILES string of the molecule is CC(C)=NN(C(=O)OC(C)(C)C)C(Cc1ccccc1)C(=O)O. The second kappa shape index (κ2) is 7.76. The van der Waals surface area contributed by atoms with Crippen LogP contribution in [0.1, 0.15) is 40.2 Å². The highest BCUT2D eigenvalue weighted by Gasteiger charge is 2.33. The van der Waals surface area contributed by atoms with E-state index < -0.39 is 23.7 Å². The first-order chi connectivity index (χ1) is 10.6. The molecule has 0 aromatic heterocycles. The quantitative estimate of drug-likeness (QED) is 0.667. The van der Waals surface area contributed by atoms with Gasteiger partial charge in [0.05, 0.1) is 0 Å². The summed E-state index contributed by atoms with van der Waals surface area (Å²) in [7, 11) is 0. The highest BCUT2D eigenvalue weighted by atomic mass is 16.6. The Balaban J connectivity index is 3.11. The molecule has 1 N–H and O–H groups in total. The third-order valence-electron chi connectivity index (χ3n) is 2.74. The normalized spacial score (nSPS) is 12.2. The molecule has 1 aromatic carbocycles. The number of rotatable bonds is 5. The smallest absolute Gasteiger partial charge is 0.431 e. The fraction of sp³-hybridized carbons (Fsp3) is 0.471. The van der Waals surface area contributed by atoms with Crippen LogP contribution in [-0.2, 0) is 16.0 Å². The first-order valence-electron chi connectivity index (χ1n) is 7.41. The summed E-state index contributed by atoms with van der Waals surface area (Å²) >= 11 is 0. The van der Waals surface area contributed by atoms with E-state index >= 15 is 0 Å². The molecule has 0 aliphatic rings. The van der Waals surface area contributed by atoms with Gasteiger partial charge in [0.2, 0.25) is 0 Å². The summed E-state index contributed by atoms with van der Waals surface area (Å²) in [4.78, 5) is 24.0. The van der Waals surface area contributed by atoms with Gasteiger partial charge in [-0.1, -0.05) is 30.3 Å². The number of benzene rings is 1. The molecule has 6 heteroatoms. The van der Waals surface area contributed by atoms with Crippen molar-refractivity contribution in [2.75, 3.05) is 0 Å². The predicted molar refractivity (Wildman–Crippen MR) is 88.4 cm³/mol. The van der Waals surface area contributed by atoms with E-state index in [4.69, 9.17) is 4.74 Å². The van der Waals surface area contributed by atoms with E-state index in [1.165, 1.54) is 0 Å². The monoisotopic (exact) mass is 320 g/mol. The van der Waals surface area contributed by atoms with Crippen molar-refractivity contribution in [1.29, 1.82) is 0 Å². The topological polar surface area (TPSA) is 79.2 Å². The molecule has 0 aliphatic carbocycles. The fourth-order valence-electron chi connectivity index (χ4n) is 1.88. The first kappa shape index (κ1) is 18.7. The maximum Gasteiger partial charge on any atom is 0.431 e. The predicted octanol–water partition coefficient (Wildman–Crippen LogP) is 3.32. The van der Waals surface area contributed by atoms with Gasteiger partial charge in [0.1, 0.15) is 5.60 Å². The summed E-state index contributed by atoms with van der Waals surface area (Å²) in [5, 5.41) is 14.5. The Labute approximate surface area is 136 Å². The average molecular weight is 320 g/mol. The molecule has 1 amide bonds. The van der Waals surface area contributed by atoms with Crippen LogP contribution in [0.3, 0.4) is 0 Å². The number of carbonyl (C=O) groups excluding carboxylic acids is 1. The number of carbonyl (C=O) groups is 2. The van der Waals surface area contributed by atoms with E-state index in [0.717, 1.165) is 10.6 Å². The maximum atomic E-state index is 12.4. The molecule has 6 nitrogen and oxygen atoms in total. The van der Waals surface area contributed by atoms with Crippen molar-refractivity contribution in [3.05, 3.63) is 35.9 Å². The largest absolute Gasteiger partial charge is 0.480 e. The van der Waals surface area contributed by atoms with Crippen molar-refractivity contribution < 1.29 is 19.4 Å². The minimum Gasteiger partial charge on any atom is -0.480 e. The van der Waals surface area contributed by atoms with E-state index in [9.17, 15) is 14.7 Å². The molecule has 1 unspecified atom stereocenters. The molecule has 0 aliphatic heterocycles. The fourth-order valence-corrected chi connectivity index (χ4v) is 1.88. The van der Waals surface area contributed by atoms with Gasteiger partial charge in [0.15, 0.2) is 6.04 Å². The van der Waals surface area contributed by atoms with Gasteiger partial charge >= 0.3 is 12.1 Å². The summed E-state index contributed by atoms with van der Waals surface area (Å²) in [6, 6.07) is 7.97. The molecule has 0 spiro atoms. The zero-order valence-corrected chi connectivity index (χ0v) is 14.2. The van der Waals surface area contributed by atoms with Gasteiger partial charge in [-0.3, -0.25) is 0 Å².